The van der Waals surface area contributed by atoms with E-state index in [1.165, 1.54) is 30.3 Å². The van der Waals surface area contributed by atoms with Crippen LogP contribution in [-0.4, -0.2) is 18.0 Å². The lowest BCUT2D eigenvalue weighted by Gasteiger charge is -2.18. The zero-order valence-corrected chi connectivity index (χ0v) is 14.4. The minimum Gasteiger partial charge on any atom is -0.334 e. The summed E-state index contributed by atoms with van der Waals surface area (Å²) in [6, 6.07) is 10.0. The summed E-state index contributed by atoms with van der Waals surface area (Å²) in [6.45, 7) is 2.09. The predicted molar refractivity (Wildman–Crippen MR) is 95.5 cm³/mol. The highest BCUT2D eigenvalue weighted by Gasteiger charge is 2.20. The van der Waals surface area contributed by atoms with Crippen LogP contribution >= 0.6 is 0 Å². The van der Waals surface area contributed by atoms with Crippen molar-refractivity contribution in [1.29, 1.82) is 0 Å². The molecule has 5 nitrogen and oxygen atoms in total. The van der Waals surface area contributed by atoms with Gasteiger partial charge < -0.3 is 16.0 Å². The molecule has 2 aromatic carbocycles. The van der Waals surface area contributed by atoms with Gasteiger partial charge in [-0.05, 0) is 42.3 Å². The van der Waals surface area contributed by atoms with Crippen LogP contribution < -0.4 is 16.0 Å². The number of carbonyl (C=O) groups is 2. The molecule has 138 valence electrons. The normalized spacial score (nSPS) is 11.5. The molecule has 2 rings (SSSR count). The number of urea groups is 1. The lowest BCUT2D eigenvalue weighted by molar-refractivity contribution is -0.118. The molecule has 0 bridgehead atoms. The third-order valence-electron chi connectivity index (χ3n) is 3.66. The number of hydrogen-bond donors (Lipinski definition) is 3. The lowest BCUT2D eigenvalue weighted by atomic mass is 10.1. The first-order valence-electron chi connectivity index (χ1n) is 8.33. The Labute approximate surface area is 150 Å². The summed E-state index contributed by atoms with van der Waals surface area (Å²) in [6.07, 6.45) is 1.12. The van der Waals surface area contributed by atoms with Crippen LogP contribution in [0.25, 0.3) is 0 Å². The van der Waals surface area contributed by atoms with Crippen LogP contribution in [0.3, 0.4) is 0 Å². The molecule has 0 saturated carbocycles. The zero-order chi connectivity index (χ0) is 18.9. The molecule has 3 N–H and O–H groups in total. The Morgan fingerprint density at radius 2 is 1.77 bits per heavy atom. The fourth-order valence-electron chi connectivity index (χ4n) is 2.35. The lowest BCUT2D eigenvalue weighted by Crippen LogP contribution is -2.47. The molecule has 7 heteroatoms. The maximum atomic E-state index is 13.2. The van der Waals surface area contributed by atoms with Crippen molar-refractivity contribution in [3.63, 3.8) is 0 Å². The third kappa shape index (κ3) is 6.16. The summed E-state index contributed by atoms with van der Waals surface area (Å²) in [7, 11) is 0. The van der Waals surface area contributed by atoms with Gasteiger partial charge in [-0.2, -0.15) is 0 Å². The summed E-state index contributed by atoms with van der Waals surface area (Å²) in [4.78, 5) is 24.4. The van der Waals surface area contributed by atoms with Crippen LogP contribution in [0.4, 0.5) is 19.3 Å². The molecule has 0 spiro atoms. The van der Waals surface area contributed by atoms with E-state index in [-0.39, 0.29) is 12.4 Å². The van der Waals surface area contributed by atoms with E-state index in [1.54, 1.807) is 18.2 Å². The first-order valence-corrected chi connectivity index (χ1v) is 8.33. The van der Waals surface area contributed by atoms with Gasteiger partial charge >= 0.3 is 6.03 Å². The molecule has 0 saturated heterocycles. The van der Waals surface area contributed by atoms with Gasteiger partial charge in [-0.15, -0.1) is 0 Å². The van der Waals surface area contributed by atoms with Crippen LogP contribution in [0.1, 0.15) is 25.3 Å². The molecule has 0 fully saturated rings. The van der Waals surface area contributed by atoms with Gasteiger partial charge in [0.15, 0.2) is 0 Å². The number of rotatable bonds is 7. The molecule has 0 aliphatic rings. The van der Waals surface area contributed by atoms with E-state index in [4.69, 9.17) is 0 Å². The number of benzene rings is 2. The summed E-state index contributed by atoms with van der Waals surface area (Å²) in [5.74, 6) is -1.23. The second kappa shape index (κ2) is 9.50. The van der Waals surface area contributed by atoms with Crippen molar-refractivity contribution in [3.8, 4) is 0 Å². The number of amides is 3. The van der Waals surface area contributed by atoms with Crippen molar-refractivity contribution in [2.75, 3.05) is 5.32 Å². The van der Waals surface area contributed by atoms with Crippen LogP contribution in [0, 0.1) is 11.6 Å². The number of hydrogen-bond acceptors (Lipinski definition) is 2. The van der Waals surface area contributed by atoms with Gasteiger partial charge in [0.25, 0.3) is 0 Å². The second-order valence-electron chi connectivity index (χ2n) is 5.79. The van der Waals surface area contributed by atoms with Gasteiger partial charge in [-0.1, -0.05) is 31.5 Å². The Bertz CT molecular complexity index is 751. The first-order chi connectivity index (χ1) is 12.5. The van der Waals surface area contributed by atoms with E-state index in [0.717, 1.165) is 5.56 Å². The zero-order valence-electron chi connectivity index (χ0n) is 14.4. The SMILES string of the molecule is CCC[C@@H](NC(=O)NCc1ccc(F)cc1)C(=O)Nc1cccc(F)c1. The topological polar surface area (TPSA) is 70.2 Å². The summed E-state index contributed by atoms with van der Waals surface area (Å²) in [5.41, 5.74) is 1.06. The van der Waals surface area contributed by atoms with E-state index in [2.05, 4.69) is 16.0 Å². The number of carbonyl (C=O) groups excluding carboxylic acids is 2. The van der Waals surface area contributed by atoms with Crippen molar-refractivity contribution >= 4 is 17.6 Å². The van der Waals surface area contributed by atoms with Gasteiger partial charge in [0.2, 0.25) is 5.91 Å². The van der Waals surface area contributed by atoms with E-state index in [0.29, 0.717) is 18.5 Å². The molecule has 0 aliphatic heterocycles. The van der Waals surface area contributed by atoms with Gasteiger partial charge in [-0.3, -0.25) is 4.79 Å². The third-order valence-corrected chi connectivity index (χ3v) is 3.66. The smallest absolute Gasteiger partial charge is 0.315 e. The molecule has 2 aromatic rings. The molecule has 26 heavy (non-hydrogen) atoms. The predicted octanol–water partition coefficient (Wildman–Crippen LogP) is 3.57. The number of anilines is 1. The fraction of sp³-hybridized carbons (Fsp3) is 0.263. The fourth-order valence-corrected chi connectivity index (χ4v) is 2.35. The minimum atomic E-state index is -0.753. The summed E-state index contributed by atoms with van der Waals surface area (Å²) in [5, 5.41) is 7.82. The second-order valence-corrected chi connectivity index (χ2v) is 5.79. The summed E-state index contributed by atoms with van der Waals surface area (Å²) < 4.78 is 26.1. The van der Waals surface area contributed by atoms with E-state index < -0.39 is 23.8 Å². The molecular formula is C19H21F2N3O2. The van der Waals surface area contributed by atoms with Gasteiger partial charge in [0.05, 0.1) is 0 Å². The Morgan fingerprint density at radius 1 is 1.04 bits per heavy atom. The standard InChI is InChI=1S/C19H21F2N3O2/c1-2-4-17(18(25)23-16-6-3-5-15(21)11-16)24-19(26)22-12-13-7-9-14(20)10-8-13/h3,5-11,17H,2,4,12H2,1H3,(H,23,25)(H2,22,24,26)/t17-/m1/s1. The van der Waals surface area contributed by atoms with Crippen molar-refractivity contribution in [1.82, 2.24) is 10.6 Å². The molecule has 0 unspecified atom stereocenters. The van der Waals surface area contributed by atoms with Crippen LogP contribution in [0.5, 0.6) is 0 Å². The van der Waals surface area contributed by atoms with Crippen molar-refractivity contribution in [2.24, 2.45) is 0 Å². The highest BCUT2D eigenvalue weighted by molar-refractivity contribution is 5.96. The van der Waals surface area contributed by atoms with E-state index in [1.807, 2.05) is 6.92 Å². The quantitative estimate of drug-likeness (QED) is 0.706. The van der Waals surface area contributed by atoms with Gasteiger partial charge in [0, 0.05) is 12.2 Å². The molecule has 0 aromatic heterocycles. The molecule has 3 amide bonds. The Hall–Kier alpha value is -2.96. The number of nitrogens with one attached hydrogen (secondary N) is 3. The monoisotopic (exact) mass is 361 g/mol. The van der Waals surface area contributed by atoms with Gasteiger partial charge in [-0.25, -0.2) is 13.6 Å². The van der Waals surface area contributed by atoms with Crippen molar-refractivity contribution in [3.05, 3.63) is 65.7 Å². The molecule has 0 radical (unpaired) electrons. The average Bonchev–Trinajstić information content (AvgIpc) is 2.61. The maximum Gasteiger partial charge on any atom is 0.315 e. The van der Waals surface area contributed by atoms with Crippen LogP contribution in [0.2, 0.25) is 0 Å². The Kier molecular flexibility index (Phi) is 7.08. The van der Waals surface area contributed by atoms with Gasteiger partial charge in [0.1, 0.15) is 17.7 Å². The largest absolute Gasteiger partial charge is 0.334 e. The van der Waals surface area contributed by atoms with Crippen LogP contribution in [0.15, 0.2) is 48.5 Å². The van der Waals surface area contributed by atoms with Crippen LogP contribution in [-0.2, 0) is 11.3 Å². The summed E-state index contributed by atoms with van der Waals surface area (Å²) >= 11 is 0. The highest BCUT2D eigenvalue weighted by atomic mass is 19.1. The molecule has 1 atom stereocenters. The molecular weight excluding hydrogens is 340 g/mol. The Balaban J connectivity index is 1.90. The van der Waals surface area contributed by atoms with E-state index >= 15 is 0 Å². The highest BCUT2D eigenvalue weighted by Crippen LogP contribution is 2.10. The molecule has 0 heterocycles. The first kappa shape index (κ1) is 19.4. The minimum absolute atomic E-state index is 0.205. The van der Waals surface area contributed by atoms with Crippen molar-refractivity contribution in [2.45, 2.75) is 32.4 Å². The van der Waals surface area contributed by atoms with E-state index in [9.17, 15) is 18.4 Å². The molecule has 0 aliphatic carbocycles. The van der Waals surface area contributed by atoms with Crippen molar-refractivity contribution < 1.29 is 18.4 Å². The number of halogens is 2. The Morgan fingerprint density at radius 3 is 2.42 bits per heavy atom. The average molecular weight is 361 g/mol. The maximum absolute atomic E-state index is 13.2.